The molecule has 5 heteroatoms. The summed E-state index contributed by atoms with van der Waals surface area (Å²) >= 11 is 5.10. The molecule has 0 atom stereocenters. The summed E-state index contributed by atoms with van der Waals surface area (Å²) in [6.07, 6.45) is 0. The van der Waals surface area contributed by atoms with Crippen LogP contribution in [-0.4, -0.2) is 13.6 Å². The van der Waals surface area contributed by atoms with Crippen LogP contribution in [0.5, 0.6) is 0 Å². The first-order valence-corrected chi connectivity index (χ1v) is 3.61. The second-order valence-corrected chi connectivity index (χ2v) is 2.24. The second kappa shape index (κ2) is 4.80. The third-order valence-corrected chi connectivity index (χ3v) is 1.49. The topological polar surface area (TPSA) is 35.5 Å². The Morgan fingerprint density at radius 3 is 2.50 bits per heavy atom. The maximum absolute atomic E-state index is 9.99. The highest BCUT2D eigenvalue weighted by molar-refractivity contribution is 6.65. The lowest BCUT2D eigenvalue weighted by molar-refractivity contribution is -0.121. The normalized spacial score (nSPS) is 9.08. The van der Waals surface area contributed by atoms with E-state index >= 15 is 0 Å². The molecule has 0 bridgehead atoms. The smallest absolute Gasteiger partial charge is 0.507 e. The molecular weight excluding hydrogens is 178 g/mol. The minimum absolute atomic E-state index is 0.292. The second-order valence-electron chi connectivity index (χ2n) is 2.06. The van der Waals surface area contributed by atoms with Gasteiger partial charge in [0.25, 0.3) is 6.47 Å². The SMILES string of the molecule is O=COB(OCl)c1ccccc1. The van der Waals surface area contributed by atoms with Crippen molar-refractivity contribution in [2.45, 2.75) is 0 Å². The Kier molecular flexibility index (Phi) is 3.64. The van der Waals surface area contributed by atoms with Crippen molar-refractivity contribution in [3.8, 4) is 0 Å². The van der Waals surface area contributed by atoms with E-state index in [0.29, 0.717) is 11.9 Å². The summed E-state index contributed by atoms with van der Waals surface area (Å²) in [5.74, 6) is 0. The molecule has 0 heterocycles. The number of halogens is 1. The van der Waals surface area contributed by atoms with E-state index in [0.717, 1.165) is 0 Å². The van der Waals surface area contributed by atoms with Crippen molar-refractivity contribution < 1.29 is 13.7 Å². The molecule has 0 aliphatic heterocycles. The standard InChI is InChI=1S/C7H6BClO3/c9-12-8(11-6-10)7-4-2-1-3-5-7/h1-6H. The fourth-order valence-corrected chi connectivity index (χ4v) is 0.956. The van der Waals surface area contributed by atoms with Crippen LogP contribution in [0.4, 0.5) is 0 Å². The first-order valence-electron chi connectivity index (χ1n) is 3.30. The lowest BCUT2D eigenvalue weighted by Crippen LogP contribution is -2.33. The molecule has 0 saturated heterocycles. The van der Waals surface area contributed by atoms with E-state index in [4.69, 9.17) is 11.9 Å². The Morgan fingerprint density at radius 2 is 2.00 bits per heavy atom. The van der Waals surface area contributed by atoms with Gasteiger partial charge >= 0.3 is 7.12 Å². The first-order chi connectivity index (χ1) is 5.88. The van der Waals surface area contributed by atoms with Crippen molar-refractivity contribution in [1.82, 2.24) is 0 Å². The summed E-state index contributed by atoms with van der Waals surface area (Å²) in [5.41, 5.74) is 0.694. The predicted octanol–water partition coefficient (Wildman–Crippen LogP) is 0.725. The van der Waals surface area contributed by atoms with E-state index in [-0.39, 0.29) is 0 Å². The van der Waals surface area contributed by atoms with Gasteiger partial charge < -0.3 is 4.65 Å². The van der Waals surface area contributed by atoms with E-state index in [2.05, 4.69) is 8.86 Å². The molecule has 0 N–H and O–H groups in total. The average Bonchev–Trinajstić information content (AvgIpc) is 2.15. The van der Waals surface area contributed by atoms with E-state index in [1.54, 1.807) is 24.3 Å². The van der Waals surface area contributed by atoms with Crippen LogP contribution in [0.15, 0.2) is 30.3 Å². The number of carbonyl (C=O) groups excluding carboxylic acids is 1. The van der Waals surface area contributed by atoms with Crippen molar-refractivity contribution in [3.63, 3.8) is 0 Å². The Hall–Kier alpha value is -0.995. The number of hydrogen-bond donors (Lipinski definition) is 0. The molecule has 12 heavy (non-hydrogen) atoms. The number of rotatable bonds is 4. The zero-order valence-corrected chi connectivity index (χ0v) is 6.90. The van der Waals surface area contributed by atoms with Gasteiger partial charge in [-0.15, -0.1) is 0 Å². The molecule has 0 fully saturated rings. The van der Waals surface area contributed by atoms with Crippen molar-refractivity contribution >= 4 is 30.9 Å². The van der Waals surface area contributed by atoms with Crippen molar-refractivity contribution in [1.29, 1.82) is 0 Å². The van der Waals surface area contributed by atoms with Crippen LogP contribution in [0.1, 0.15) is 0 Å². The Balaban J connectivity index is 2.72. The summed E-state index contributed by atoms with van der Waals surface area (Å²) in [7, 11) is -0.828. The van der Waals surface area contributed by atoms with Gasteiger partial charge in [-0.3, -0.25) is 9.00 Å². The molecule has 0 aliphatic carbocycles. The molecular formula is C7H6BClO3. The maximum Gasteiger partial charge on any atom is 0.581 e. The minimum atomic E-state index is -0.828. The predicted molar refractivity (Wildman–Crippen MR) is 45.9 cm³/mol. The van der Waals surface area contributed by atoms with Gasteiger partial charge in [0.15, 0.2) is 0 Å². The van der Waals surface area contributed by atoms with Crippen molar-refractivity contribution in [2.24, 2.45) is 0 Å². The molecule has 0 spiro atoms. The van der Waals surface area contributed by atoms with Crippen molar-refractivity contribution in [2.75, 3.05) is 0 Å². The lowest BCUT2D eigenvalue weighted by atomic mass is 9.80. The van der Waals surface area contributed by atoms with E-state index in [1.165, 1.54) is 0 Å². The molecule has 0 amide bonds. The molecule has 0 radical (unpaired) electrons. The fourth-order valence-electron chi connectivity index (χ4n) is 0.812. The Labute approximate surface area is 75.6 Å². The number of carbonyl (C=O) groups is 1. The monoisotopic (exact) mass is 184 g/mol. The maximum atomic E-state index is 9.99. The molecule has 1 rings (SSSR count). The summed E-state index contributed by atoms with van der Waals surface area (Å²) < 4.78 is 8.94. The van der Waals surface area contributed by atoms with Gasteiger partial charge in [-0.1, -0.05) is 30.3 Å². The summed E-state index contributed by atoms with van der Waals surface area (Å²) in [6, 6.07) is 8.93. The zero-order chi connectivity index (χ0) is 8.81. The fraction of sp³-hybridized carbons (Fsp3) is 0. The van der Waals surface area contributed by atoms with Gasteiger partial charge in [-0.05, 0) is 5.46 Å². The summed E-state index contributed by atoms with van der Waals surface area (Å²) in [5, 5.41) is 0. The number of benzene rings is 1. The molecule has 0 saturated carbocycles. The van der Waals surface area contributed by atoms with Gasteiger partial charge in [0.1, 0.15) is 0 Å². The van der Waals surface area contributed by atoms with Crippen molar-refractivity contribution in [3.05, 3.63) is 30.3 Å². The van der Waals surface area contributed by atoms with Crippen LogP contribution < -0.4 is 5.46 Å². The van der Waals surface area contributed by atoms with Gasteiger partial charge in [-0.25, -0.2) is 0 Å². The highest BCUT2D eigenvalue weighted by atomic mass is 35.5. The molecule has 1 aromatic rings. The van der Waals surface area contributed by atoms with E-state index in [9.17, 15) is 4.79 Å². The average molecular weight is 184 g/mol. The van der Waals surface area contributed by atoms with Crippen LogP contribution in [-0.2, 0) is 13.7 Å². The third kappa shape index (κ3) is 2.25. The van der Waals surface area contributed by atoms with Crippen LogP contribution in [0, 0.1) is 0 Å². The van der Waals surface area contributed by atoms with Crippen LogP contribution >= 0.6 is 11.9 Å². The van der Waals surface area contributed by atoms with Gasteiger partial charge in [0, 0.05) is 11.9 Å². The third-order valence-electron chi connectivity index (χ3n) is 1.33. The molecule has 0 aromatic heterocycles. The van der Waals surface area contributed by atoms with Gasteiger partial charge in [0.05, 0.1) is 0 Å². The summed E-state index contributed by atoms with van der Waals surface area (Å²) in [4.78, 5) is 9.99. The van der Waals surface area contributed by atoms with Crippen LogP contribution in [0.2, 0.25) is 0 Å². The Morgan fingerprint density at radius 1 is 1.33 bits per heavy atom. The lowest BCUT2D eigenvalue weighted by Gasteiger charge is -2.04. The number of hydrogen-bond acceptors (Lipinski definition) is 3. The molecule has 3 nitrogen and oxygen atoms in total. The highest BCUT2D eigenvalue weighted by Crippen LogP contribution is 1.93. The van der Waals surface area contributed by atoms with Gasteiger partial charge in [-0.2, -0.15) is 0 Å². The Bertz CT molecular complexity index is 242. The highest BCUT2D eigenvalue weighted by Gasteiger charge is 2.21. The van der Waals surface area contributed by atoms with Crippen LogP contribution in [0.3, 0.4) is 0 Å². The molecule has 0 aliphatic rings. The first kappa shape index (κ1) is 9.10. The minimum Gasteiger partial charge on any atom is -0.507 e. The summed E-state index contributed by atoms with van der Waals surface area (Å²) in [6.45, 7) is 0.292. The molecule has 1 aromatic carbocycles. The zero-order valence-electron chi connectivity index (χ0n) is 6.14. The van der Waals surface area contributed by atoms with Gasteiger partial charge in [0.2, 0.25) is 0 Å². The van der Waals surface area contributed by atoms with Crippen LogP contribution in [0.25, 0.3) is 0 Å². The largest absolute Gasteiger partial charge is 0.581 e. The quantitative estimate of drug-likeness (QED) is 0.511. The molecule has 0 unspecified atom stereocenters. The molecule has 62 valence electrons. The van der Waals surface area contributed by atoms with E-state index in [1.807, 2.05) is 6.07 Å². The van der Waals surface area contributed by atoms with E-state index < -0.39 is 7.12 Å².